The van der Waals surface area contributed by atoms with Gasteiger partial charge in [0.2, 0.25) is 17.6 Å². The number of rotatable bonds is 7. The van der Waals surface area contributed by atoms with Gasteiger partial charge in [0.25, 0.3) is 0 Å². The van der Waals surface area contributed by atoms with Crippen LogP contribution in [0.5, 0.6) is 5.75 Å². The van der Waals surface area contributed by atoms with Gasteiger partial charge in [-0.3, -0.25) is 9.69 Å². The number of nitrogens with one attached hydrogen (secondary N) is 1. The Morgan fingerprint density at radius 1 is 1.25 bits per heavy atom. The maximum absolute atomic E-state index is 12.7. The summed E-state index contributed by atoms with van der Waals surface area (Å²) in [7, 11) is 1.63. The second-order valence-corrected chi connectivity index (χ2v) is 8.61. The highest BCUT2D eigenvalue weighted by molar-refractivity contribution is 6.35. The summed E-state index contributed by atoms with van der Waals surface area (Å²) in [5.41, 5.74) is 1.70. The van der Waals surface area contributed by atoms with E-state index in [4.69, 9.17) is 32.5 Å². The quantitative estimate of drug-likeness (QED) is 0.539. The predicted molar refractivity (Wildman–Crippen MR) is 123 cm³/mol. The lowest BCUT2D eigenvalue weighted by Gasteiger charge is -2.30. The minimum Gasteiger partial charge on any atom is -0.497 e. The zero-order valence-corrected chi connectivity index (χ0v) is 19.2. The van der Waals surface area contributed by atoms with Crippen LogP contribution in [-0.4, -0.2) is 41.1 Å². The number of nitrogens with zero attached hydrogens (tertiary/aromatic N) is 3. The number of hydrogen-bond acceptors (Lipinski definition) is 6. The second kappa shape index (κ2) is 10.3. The van der Waals surface area contributed by atoms with Crippen molar-refractivity contribution in [1.82, 2.24) is 20.4 Å². The molecule has 32 heavy (non-hydrogen) atoms. The van der Waals surface area contributed by atoms with Crippen LogP contribution >= 0.6 is 23.2 Å². The fourth-order valence-electron chi connectivity index (χ4n) is 3.77. The van der Waals surface area contributed by atoms with Gasteiger partial charge < -0.3 is 14.6 Å². The predicted octanol–water partition coefficient (Wildman–Crippen LogP) is 4.58. The average molecular weight is 475 g/mol. The number of benzene rings is 2. The van der Waals surface area contributed by atoms with Crippen molar-refractivity contribution in [3.8, 4) is 17.1 Å². The number of likely N-dealkylation sites (tertiary alicyclic amines) is 1. The summed E-state index contributed by atoms with van der Waals surface area (Å²) >= 11 is 12.1. The first kappa shape index (κ1) is 22.6. The largest absolute Gasteiger partial charge is 0.497 e. The lowest BCUT2D eigenvalue weighted by atomic mass is 9.97. The Morgan fingerprint density at radius 3 is 2.81 bits per heavy atom. The van der Waals surface area contributed by atoms with Crippen molar-refractivity contribution < 1.29 is 14.1 Å². The Bertz CT molecular complexity index is 1070. The number of amides is 1. The summed E-state index contributed by atoms with van der Waals surface area (Å²) < 4.78 is 10.6. The van der Waals surface area contributed by atoms with E-state index < -0.39 is 0 Å². The summed E-state index contributed by atoms with van der Waals surface area (Å²) in [6.07, 6.45) is 1.77. The topological polar surface area (TPSA) is 80.5 Å². The van der Waals surface area contributed by atoms with Crippen LogP contribution in [-0.2, 0) is 17.9 Å². The monoisotopic (exact) mass is 474 g/mol. The first-order valence-electron chi connectivity index (χ1n) is 10.4. The Balaban J connectivity index is 1.31. The molecule has 2 aromatic carbocycles. The van der Waals surface area contributed by atoms with Crippen LogP contribution in [0.25, 0.3) is 11.4 Å². The molecular weight excluding hydrogens is 451 g/mol. The molecule has 168 valence electrons. The molecule has 1 saturated heterocycles. The molecule has 7 nitrogen and oxygen atoms in total. The van der Waals surface area contributed by atoms with Crippen LogP contribution in [0.15, 0.2) is 47.0 Å². The van der Waals surface area contributed by atoms with Gasteiger partial charge in [-0.1, -0.05) is 34.4 Å². The van der Waals surface area contributed by atoms with Crippen molar-refractivity contribution in [2.24, 2.45) is 5.92 Å². The Labute approximate surface area is 196 Å². The van der Waals surface area contributed by atoms with Crippen LogP contribution in [0.1, 0.15) is 24.3 Å². The highest BCUT2D eigenvalue weighted by atomic mass is 35.5. The maximum atomic E-state index is 12.7. The van der Waals surface area contributed by atoms with E-state index in [0.29, 0.717) is 41.4 Å². The first-order valence-corrected chi connectivity index (χ1v) is 11.2. The smallest absolute Gasteiger partial charge is 0.241 e. The van der Waals surface area contributed by atoms with Crippen molar-refractivity contribution in [1.29, 1.82) is 0 Å². The average Bonchev–Trinajstić information content (AvgIpc) is 3.27. The summed E-state index contributed by atoms with van der Waals surface area (Å²) in [5.74, 6) is 1.76. The Morgan fingerprint density at radius 2 is 2.06 bits per heavy atom. The summed E-state index contributed by atoms with van der Waals surface area (Å²) in [6, 6.07) is 12.8. The molecule has 3 aromatic rings. The number of halogens is 2. The van der Waals surface area contributed by atoms with Gasteiger partial charge in [-0.2, -0.15) is 4.98 Å². The molecule has 0 aliphatic carbocycles. The minimum atomic E-state index is -0.0983. The van der Waals surface area contributed by atoms with Gasteiger partial charge >= 0.3 is 0 Å². The highest BCUT2D eigenvalue weighted by Crippen LogP contribution is 2.23. The third kappa shape index (κ3) is 5.59. The molecule has 1 N–H and O–H groups in total. The number of aromatic nitrogens is 2. The molecule has 1 unspecified atom stereocenters. The summed E-state index contributed by atoms with van der Waals surface area (Å²) in [5, 5.41) is 8.20. The van der Waals surface area contributed by atoms with Crippen molar-refractivity contribution >= 4 is 29.1 Å². The third-order valence-corrected chi connectivity index (χ3v) is 6.11. The molecule has 0 bridgehead atoms. The van der Waals surface area contributed by atoms with Gasteiger partial charge in [-0.15, -0.1) is 0 Å². The van der Waals surface area contributed by atoms with Crippen molar-refractivity contribution in [3.63, 3.8) is 0 Å². The number of hydrogen-bond donors (Lipinski definition) is 1. The third-order valence-electron chi connectivity index (χ3n) is 5.52. The maximum Gasteiger partial charge on any atom is 0.241 e. The normalized spacial score (nSPS) is 16.7. The molecule has 0 radical (unpaired) electrons. The highest BCUT2D eigenvalue weighted by Gasteiger charge is 2.27. The number of carbonyl (C=O) groups excluding carboxylic acids is 1. The summed E-state index contributed by atoms with van der Waals surface area (Å²) in [6.45, 7) is 2.41. The van der Waals surface area contributed by atoms with Gasteiger partial charge in [0, 0.05) is 28.7 Å². The lowest BCUT2D eigenvalue weighted by molar-refractivity contribution is -0.127. The number of ether oxygens (including phenoxy) is 1. The lowest BCUT2D eigenvalue weighted by Crippen LogP contribution is -2.42. The fourth-order valence-corrected chi connectivity index (χ4v) is 4.25. The van der Waals surface area contributed by atoms with Gasteiger partial charge in [0.1, 0.15) is 5.75 Å². The molecule has 1 atom stereocenters. The zero-order valence-electron chi connectivity index (χ0n) is 17.7. The molecule has 1 aliphatic heterocycles. The van der Waals surface area contributed by atoms with Gasteiger partial charge in [-0.25, -0.2) is 0 Å². The zero-order chi connectivity index (χ0) is 22.5. The van der Waals surface area contributed by atoms with Gasteiger partial charge in [0.05, 0.1) is 19.6 Å². The molecule has 0 spiro atoms. The van der Waals surface area contributed by atoms with E-state index in [1.807, 2.05) is 30.3 Å². The minimum absolute atomic E-state index is 0.0187. The SMILES string of the molecule is COc1ccc(-c2noc(CN3CCCC(C(=O)NCc4ccc(Cl)cc4Cl)C3)n2)cc1. The molecule has 1 amide bonds. The Hall–Kier alpha value is -2.61. The molecule has 4 rings (SSSR count). The van der Waals surface area contributed by atoms with E-state index in [-0.39, 0.29) is 11.8 Å². The van der Waals surface area contributed by atoms with E-state index in [2.05, 4.69) is 20.4 Å². The van der Waals surface area contributed by atoms with Crippen LogP contribution in [0.4, 0.5) is 0 Å². The molecular formula is C23H24Cl2N4O3. The van der Waals surface area contributed by atoms with Crippen LogP contribution in [0.3, 0.4) is 0 Å². The molecule has 2 heterocycles. The number of piperidine rings is 1. The van der Waals surface area contributed by atoms with E-state index in [0.717, 1.165) is 36.3 Å². The van der Waals surface area contributed by atoms with Crippen molar-refractivity contribution in [2.45, 2.75) is 25.9 Å². The summed E-state index contributed by atoms with van der Waals surface area (Å²) in [4.78, 5) is 19.4. The van der Waals surface area contributed by atoms with Gasteiger partial charge in [-0.05, 0) is 61.3 Å². The second-order valence-electron chi connectivity index (χ2n) is 7.77. The standard InChI is InChI=1S/C23H24Cl2N4O3/c1-31-19-8-5-15(6-9-19)22-27-21(32-28-22)14-29-10-2-3-17(13-29)23(30)26-12-16-4-7-18(24)11-20(16)25/h4-9,11,17H,2-3,10,12-14H2,1H3,(H,26,30). The van der Waals surface area contributed by atoms with Crippen molar-refractivity contribution in [3.05, 3.63) is 64.0 Å². The van der Waals surface area contributed by atoms with Gasteiger partial charge in [0.15, 0.2) is 0 Å². The number of carbonyl (C=O) groups is 1. The molecule has 0 saturated carbocycles. The van der Waals surface area contributed by atoms with E-state index >= 15 is 0 Å². The van der Waals surface area contributed by atoms with Crippen LogP contribution in [0.2, 0.25) is 10.0 Å². The van der Waals surface area contributed by atoms with Crippen LogP contribution < -0.4 is 10.1 Å². The fraction of sp³-hybridized carbons (Fsp3) is 0.348. The Kier molecular flexibility index (Phi) is 7.29. The molecule has 1 aromatic heterocycles. The van der Waals surface area contributed by atoms with E-state index in [1.54, 1.807) is 19.2 Å². The molecule has 1 fully saturated rings. The van der Waals surface area contributed by atoms with Crippen LogP contribution in [0, 0.1) is 5.92 Å². The molecule has 1 aliphatic rings. The molecule has 9 heteroatoms. The van der Waals surface area contributed by atoms with Crippen molar-refractivity contribution in [2.75, 3.05) is 20.2 Å². The number of methoxy groups -OCH3 is 1. The first-order chi connectivity index (χ1) is 15.5. The van der Waals surface area contributed by atoms with E-state index in [1.165, 1.54) is 0 Å². The van der Waals surface area contributed by atoms with E-state index in [9.17, 15) is 4.79 Å².